The molecule has 0 bridgehead atoms. The predicted molar refractivity (Wildman–Crippen MR) is 180 cm³/mol. The van der Waals surface area contributed by atoms with Gasteiger partial charge in [0, 0.05) is 52.7 Å². The van der Waals surface area contributed by atoms with Gasteiger partial charge in [-0.1, -0.05) is 36.8 Å². The van der Waals surface area contributed by atoms with Crippen LogP contribution in [0.2, 0.25) is 0 Å². The van der Waals surface area contributed by atoms with Crippen LogP contribution in [-0.2, 0) is 4.79 Å². The van der Waals surface area contributed by atoms with Crippen molar-refractivity contribution in [2.45, 2.75) is 33.1 Å². The quantitative estimate of drug-likeness (QED) is 0.143. The summed E-state index contributed by atoms with van der Waals surface area (Å²) in [6.45, 7) is 7.45. The summed E-state index contributed by atoms with van der Waals surface area (Å²) < 4.78 is 0. The lowest BCUT2D eigenvalue weighted by molar-refractivity contribution is -0.110. The van der Waals surface area contributed by atoms with Gasteiger partial charge in [0.25, 0.3) is 17.7 Å². The van der Waals surface area contributed by atoms with Gasteiger partial charge in [-0.2, -0.15) is 0 Å². The minimum atomic E-state index is -0.202. The van der Waals surface area contributed by atoms with Crippen LogP contribution in [0.25, 0.3) is 11.6 Å². The normalized spacial score (nSPS) is 15.4. The number of nitrogens with one attached hydrogen (secondary N) is 5. The molecule has 9 nitrogen and oxygen atoms in total. The van der Waals surface area contributed by atoms with E-state index in [1.165, 1.54) is 19.3 Å². The molecule has 0 spiro atoms. The maximum atomic E-state index is 13.1. The van der Waals surface area contributed by atoms with Crippen molar-refractivity contribution in [2.24, 2.45) is 0 Å². The third kappa shape index (κ3) is 6.84. The molecule has 1 aromatic heterocycles. The van der Waals surface area contributed by atoms with Crippen molar-refractivity contribution in [1.29, 1.82) is 0 Å². The van der Waals surface area contributed by atoms with Gasteiger partial charge in [-0.3, -0.25) is 14.4 Å². The maximum absolute atomic E-state index is 13.1. The second kappa shape index (κ2) is 13.2. The molecule has 45 heavy (non-hydrogen) atoms. The Morgan fingerprint density at radius 2 is 1.62 bits per heavy atom. The molecule has 1 fully saturated rings. The average molecular weight is 603 g/mol. The van der Waals surface area contributed by atoms with Crippen LogP contribution in [-0.4, -0.2) is 53.8 Å². The van der Waals surface area contributed by atoms with Crippen molar-refractivity contribution in [3.05, 3.63) is 106 Å². The molecule has 230 valence electrons. The molecule has 2 aliphatic rings. The van der Waals surface area contributed by atoms with E-state index in [0.29, 0.717) is 34.6 Å². The smallest absolute Gasteiger partial charge is 0.256 e. The number of likely N-dealkylation sites (tertiary alicyclic amines) is 1. The predicted octanol–water partition coefficient (Wildman–Crippen LogP) is 6.34. The van der Waals surface area contributed by atoms with Crippen LogP contribution >= 0.6 is 0 Å². The summed E-state index contributed by atoms with van der Waals surface area (Å²) >= 11 is 0. The molecule has 5 N–H and O–H groups in total. The van der Waals surface area contributed by atoms with Crippen molar-refractivity contribution in [2.75, 3.05) is 42.1 Å². The van der Waals surface area contributed by atoms with E-state index in [1.54, 1.807) is 12.1 Å². The van der Waals surface area contributed by atoms with Crippen LogP contribution < -0.4 is 21.3 Å². The molecule has 2 aliphatic heterocycles. The van der Waals surface area contributed by atoms with Crippen molar-refractivity contribution in [1.82, 2.24) is 15.2 Å². The lowest BCUT2D eigenvalue weighted by atomic mass is 10.0. The number of anilines is 4. The Bertz CT molecular complexity index is 1770. The lowest BCUT2D eigenvalue weighted by Crippen LogP contribution is -2.37. The Kier molecular flexibility index (Phi) is 8.79. The summed E-state index contributed by atoms with van der Waals surface area (Å²) in [4.78, 5) is 44.4. The minimum absolute atomic E-state index is 0.0985. The minimum Gasteiger partial charge on any atom is -0.358 e. The van der Waals surface area contributed by atoms with Crippen LogP contribution in [0.1, 0.15) is 62.5 Å². The number of hydrogen-bond donors (Lipinski definition) is 5. The summed E-state index contributed by atoms with van der Waals surface area (Å²) in [5.41, 5.74) is 7.80. The van der Waals surface area contributed by atoms with Crippen LogP contribution in [0.15, 0.2) is 72.8 Å². The third-order valence-corrected chi connectivity index (χ3v) is 8.40. The number of aromatic amines is 1. The Labute approximate surface area is 263 Å². The zero-order valence-corrected chi connectivity index (χ0v) is 25.6. The lowest BCUT2D eigenvalue weighted by Gasteiger charge is -2.26. The standard InChI is InChI=1S/C36H38N6O3/c1-23-31(38-24(2)33(23)36(45)37-16-19-42-17-7-4-8-18-42)22-30-29-15-14-28(21-32(29)41-35(30)44)39-26-12-9-13-27(20-26)40-34(43)25-10-5-3-6-11-25/h3,5-6,9-15,20-22,38-39H,4,7-8,16-19H2,1-2H3,(H,37,45)(H,40,43)(H,41,44). The summed E-state index contributed by atoms with van der Waals surface area (Å²) in [6, 6.07) is 22.2. The van der Waals surface area contributed by atoms with E-state index in [0.717, 1.165) is 53.5 Å². The first-order valence-electron chi connectivity index (χ1n) is 15.5. The molecule has 0 aliphatic carbocycles. The first kappa shape index (κ1) is 29.9. The number of piperidine rings is 1. The Morgan fingerprint density at radius 1 is 0.867 bits per heavy atom. The number of fused-ring (bicyclic) bond motifs is 1. The monoisotopic (exact) mass is 602 g/mol. The number of carbonyl (C=O) groups excluding carboxylic acids is 3. The van der Waals surface area contributed by atoms with E-state index in [2.05, 4.69) is 31.2 Å². The van der Waals surface area contributed by atoms with Gasteiger partial charge in [0.05, 0.1) is 16.8 Å². The largest absolute Gasteiger partial charge is 0.358 e. The van der Waals surface area contributed by atoms with Gasteiger partial charge in [-0.15, -0.1) is 0 Å². The van der Waals surface area contributed by atoms with Crippen LogP contribution in [0.5, 0.6) is 0 Å². The third-order valence-electron chi connectivity index (χ3n) is 8.40. The van der Waals surface area contributed by atoms with E-state index >= 15 is 0 Å². The second-order valence-electron chi connectivity index (χ2n) is 11.6. The SMILES string of the molecule is Cc1[nH]c(C=C2C(=O)Nc3cc(Nc4cccc(NC(=O)c5ccccc5)c4)ccc32)c(C)c1C(=O)NCCN1CCCCC1. The number of aromatic nitrogens is 1. The fourth-order valence-corrected chi connectivity index (χ4v) is 6.05. The number of H-pyrrole nitrogens is 1. The first-order valence-corrected chi connectivity index (χ1v) is 15.5. The molecule has 0 unspecified atom stereocenters. The number of amides is 3. The van der Waals surface area contributed by atoms with E-state index < -0.39 is 0 Å². The van der Waals surface area contributed by atoms with Crippen molar-refractivity contribution >= 4 is 52.1 Å². The Balaban J connectivity index is 1.14. The fraction of sp³-hybridized carbons (Fsp3) is 0.250. The fourth-order valence-electron chi connectivity index (χ4n) is 6.05. The molecular formula is C36H38N6O3. The highest BCUT2D eigenvalue weighted by Crippen LogP contribution is 2.36. The molecular weight excluding hydrogens is 564 g/mol. The van der Waals surface area contributed by atoms with Crippen molar-refractivity contribution < 1.29 is 14.4 Å². The topological polar surface area (TPSA) is 118 Å². The Morgan fingerprint density at radius 3 is 2.42 bits per heavy atom. The highest BCUT2D eigenvalue weighted by atomic mass is 16.2. The van der Waals surface area contributed by atoms with Gasteiger partial charge in [0.15, 0.2) is 0 Å². The van der Waals surface area contributed by atoms with Crippen molar-refractivity contribution in [3.8, 4) is 0 Å². The summed E-state index contributed by atoms with van der Waals surface area (Å²) in [5, 5.41) is 12.3. The van der Waals surface area contributed by atoms with Crippen LogP contribution in [0.3, 0.4) is 0 Å². The van der Waals surface area contributed by atoms with Crippen molar-refractivity contribution in [3.63, 3.8) is 0 Å². The van der Waals surface area contributed by atoms with Crippen LogP contribution in [0.4, 0.5) is 22.7 Å². The molecule has 0 radical (unpaired) electrons. The Hall–Kier alpha value is -5.15. The highest BCUT2D eigenvalue weighted by molar-refractivity contribution is 6.35. The summed E-state index contributed by atoms with van der Waals surface area (Å²) in [6.07, 6.45) is 5.55. The molecule has 6 rings (SSSR count). The van der Waals surface area contributed by atoms with E-state index in [-0.39, 0.29) is 17.7 Å². The molecule has 4 aromatic rings. The molecule has 9 heteroatoms. The summed E-state index contributed by atoms with van der Waals surface area (Å²) in [7, 11) is 0. The molecule has 3 heterocycles. The number of hydrogen-bond acceptors (Lipinski definition) is 5. The van der Waals surface area contributed by atoms with Gasteiger partial charge < -0.3 is 31.2 Å². The molecule has 3 aromatic carbocycles. The van der Waals surface area contributed by atoms with Gasteiger partial charge in [-0.05, 0) is 93.9 Å². The van der Waals surface area contributed by atoms with E-state index in [9.17, 15) is 14.4 Å². The van der Waals surface area contributed by atoms with E-state index in [1.807, 2.05) is 80.6 Å². The van der Waals surface area contributed by atoms with Crippen LogP contribution in [0, 0.1) is 13.8 Å². The molecule has 0 atom stereocenters. The van der Waals surface area contributed by atoms with Gasteiger partial charge >= 0.3 is 0 Å². The number of rotatable bonds is 9. The number of benzene rings is 3. The zero-order chi connectivity index (χ0) is 31.3. The van der Waals surface area contributed by atoms with Gasteiger partial charge in [-0.25, -0.2) is 0 Å². The molecule has 1 saturated heterocycles. The summed E-state index contributed by atoms with van der Waals surface area (Å²) in [5.74, 6) is -0.481. The molecule has 3 amide bonds. The molecule has 0 saturated carbocycles. The zero-order valence-electron chi connectivity index (χ0n) is 25.6. The van der Waals surface area contributed by atoms with E-state index in [4.69, 9.17) is 0 Å². The number of nitrogens with zero attached hydrogens (tertiary/aromatic N) is 1. The number of aryl methyl sites for hydroxylation is 1. The average Bonchev–Trinajstić information content (AvgIpc) is 3.51. The first-order chi connectivity index (χ1) is 21.9. The number of carbonyl (C=O) groups is 3. The van der Waals surface area contributed by atoms with Gasteiger partial charge in [0.1, 0.15) is 0 Å². The second-order valence-corrected chi connectivity index (χ2v) is 11.6. The van der Waals surface area contributed by atoms with Gasteiger partial charge in [0.2, 0.25) is 0 Å². The maximum Gasteiger partial charge on any atom is 0.256 e. The highest BCUT2D eigenvalue weighted by Gasteiger charge is 2.26.